The standard InChI is InChI=1S/C25H26BNO3/c1-24(2)25(3,4)30-26(29-24)20-12-16-23(17-13-20)27(21-8-6-5-7-9-21)22-14-10-19(18-28)11-15-22/h5-18H,1-4H3. The summed E-state index contributed by atoms with van der Waals surface area (Å²) >= 11 is 0. The first kappa shape index (κ1) is 20.4. The van der Waals surface area contributed by atoms with Crippen LogP contribution in [0.5, 0.6) is 0 Å². The van der Waals surface area contributed by atoms with Crippen LogP contribution in [-0.4, -0.2) is 24.6 Å². The Labute approximate surface area is 178 Å². The Hall–Kier alpha value is -2.89. The molecular weight excluding hydrogens is 373 g/mol. The first-order valence-corrected chi connectivity index (χ1v) is 10.2. The second-order valence-electron chi connectivity index (χ2n) is 8.56. The largest absolute Gasteiger partial charge is 0.494 e. The highest BCUT2D eigenvalue weighted by molar-refractivity contribution is 6.62. The third-order valence-corrected chi connectivity index (χ3v) is 5.98. The molecule has 1 aliphatic heterocycles. The molecular formula is C25H26BNO3. The van der Waals surface area contributed by atoms with Gasteiger partial charge in [-0.1, -0.05) is 30.3 Å². The Kier molecular flexibility index (Phi) is 5.26. The van der Waals surface area contributed by atoms with E-state index in [1.165, 1.54) is 0 Å². The summed E-state index contributed by atoms with van der Waals surface area (Å²) < 4.78 is 12.4. The Morgan fingerprint density at radius 3 is 1.67 bits per heavy atom. The SMILES string of the molecule is CC1(C)OB(c2ccc(N(c3ccccc3)c3ccc(C=O)cc3)cc2)OC1(C)C. The highest BCUT2D eigenvalue weighted by Gasteiger charge is 2.51. The number of carbonyl (C=O) groups excluding carboxylic acids is 1. The Bertz CT molecular complexity index is 999. The van der Waals surface area contributed by atoms with Crippen molar-refractivity contribution < 1.29 is 14.1 Å². The van der Waals surface area contributed by atoms with Crippen molar-refractivity contribution >= 4 is 35.9 Å². The van der Waals surface area contributed by atoms with Crippen molar-refractivity contribution in [2.45, 2.75) is 38.9 Å². The maximum Gasteiger partial charge on any atom is 0.494 e. The van der Waals surface area contributed by atoms with Gasteiger partial charge in [0.25, 0.3) is 0 Å². The van der Waals surface area contributed by atoms with Gasteiger partial charge in [-0.05, 0) is 81.7 Å². The van der Waals surface area contributed by atoms with Gasteiger partial charge in [-0.2, -0.15) is 0 Å². The molecule has 1 fully saturated rings. The Morgan fingerprint density at radius 2 is 1.17 bits per heavy atom. The fourth-order valence-electron chi connectivity index (χ4n) is 3.49. The van der Waals surface area contributed by atoms with Gasteiger partial charge in [0.05, 0.1) is 11.2 Å². The van der Waals surface area contributed by atoms with E-state index in [9.17, 15) is 4.79 Å². The summed E-state index contributed by atoms with van der Waals surface area (Å²) in [6.45, 7) is 8.23. The van der Waals surface area contributed by atoms with Crippen molar-refractivity contribution in [2.75, 3.05) is 4.90 Å². The van der Waals surface area contributed by atoms with Crippen LogP contribution in [0.25, 0.3) is 0 Å². The molecule has 0 spiro atoms. The molecule has 0 atom stereocenters. The van der Waals surface area contributed by atoms with Crippen molar-refractivity contribution in [1.82, 2.24) is 0 Å². The molecule has 0 radical (unpaired) electrons. The van der Waals surface area contributed by atoms with Crippen LogP contribution in [0, 0.1) is 0 Å². The number of benzene rings is 3. The van der Waals surface area contributed by atoms with Crippen LogP contribution in [0.2, 0.25) is 0 Å². The van der Waals surface area contributed by atoms with Gasteiger partial charge >= 0.3 is 7.12 Å². The Morgan fingerprint density at radius 1 is 0.700 bits per heavy atom. The summed E-state index contributed by atoms with van der Waals surface area (Å²) in [5, 5.41) is 0. The predicted octanol–water partition coefficient (Wildman–Crippen LogP) is 5.27. The second kappa shape index (κ2) is 7.75. The summed E-state index contributed by atoms with van der Waals surface area (Å²) in [4.78, 5) is 13.2. The lowest BCUT2D eigenvalue weighted by molar-refractivity contribution is 0.00578. The van der Waals surface area contributed by atoms with E-state index in [1.54, 1.807) is 0 Å². The molecule has 4 nitrogen and oxygen atoms in total. The van der Waals surface area contributed by atoms with Crippen LogP contribution in [0.15, 0.2) is 78.9 Å². The molecule has 152 valence electrons. The van der Waals surface area contributed by atoms with Crippen molar-refractivity contribution in [3.8, 4) is 0 Å². The molecule has 1 heterocycles. The fraction of sp³-hybridized carbons (Fsp3) is 0.240. The van der Waals surface area contributed by atoms with Gasteiger partial charge in [-0.15, -0.1) is 0 Å². The minimum absolute atomic E-state index is 0.368. The van der Waals surface area contributed by atoms with E-state index in [4.69, 9.17) is 9.31 Å². The van der Waals surface area contributed by atoms with Crippen LogP contribution in [-0.2, 0) is 9.31 Å². The normalized spacial score (nSPS) is 17.0. The molecule has 3 aromatic rings. The monoisotopic (exact) mass is 399 g/mol. The summed E-state index contributed by atoms with van der Waals surface area (Å²) in [5.41, 5.74) is 3.94. The highest BCUT2D eigenvalue weighted by Crippen LogP contribution is 2.37. The summed E-state index contributed by atoms with van der Waals surface area (Å²) in [6, 6.07) is 26.0. The fourth-order valence-corrected chi connectivity index (χ4v) is 3.49. The Balaban J connectivity index is 1.67. The summed E-state index contributed by atoms with van der Waals surface area (Å²) in [6.07, 6.45) is 0.857. The first-order valence-electron chi connectivity index (χ1n) is 10.2. The van der Waals surface area contributed by atoms with E-state index in [1.807, 2.05) is 54.6 Å². The van der Waals surface area contributed by atoms with E-state index in [-0.39, 0.29) is 18.3 Å². The van der Waals surface area contributed by atoms with Crippen molar-refractivity contribution in [1.29, 1.82) is 0 Å². The maximum absolute atomic E-state index is 11.0. The maximum atomic E-state index is 11.0. The number of para-hydroxylation sites is 1. The van der Waals surface area contributed by atoms with Crippen LogP contribution < -0.4 is 10.4 Å². The third-order valence-electron chi connectivity index (χ3n) is 5.98. The van der Waals surface area contributed by atoms with E-state index in [0.29, 0.717) is 5.56 Å². The molecule has 0 unspecified atom stereocenters. The molecule has 1 aliphatic rings. The van der Waals surface area contributed by atoms with E-state index in [2.05, 4.69) is 56.9 Å². The second-order valence-corrected chi connectivity index (χ2v) is 8.56. The zero-order valence-electron chi connectivity index (χ0n) is 17.8. The third kappa shape index (κ3) is 3.79. The minimum Gasteiger partial charge on any atom is -0.399 e. The number of anilines is 3. The number of nitrogens with zero attached hydrogens (tertiary/aromatic N) is 1. The summed E-state index contributed by atoms with van der Waals surface area (Å²) in [7, 11) is -0.388. The van der Waals surface area contributed by atoms with Crippen molar-refractivity contribution in [3.63, 3.8) is 0 Å². The van der Waals surface area contributed by atoms with Gasteiger partial charge in [0, 0.05) is 22.6 Å². The van der Waals surface area contributed by atoms with Gasteiger partial charge < -0.3 is 14.2 Å². The van der Waals surface area contributed by atoms with E-state index >= 15 is 0 Å². The van der Waals surface area contributed by atoms with E-state index < -0.39 is 0 Å². The number of hydrogen-bond donors (Lipinski definition) is 0. The van der Waals surface area contributed by atoms with Crippen molar-refractivity contribution in [2.24, 2.45) is 0 Å². The summed E-state index contributed by atoms with van der Waals surface area (Å²) in [5.74, 6) is 0. The molecule has 0 bridgehead atoms. The molecule has 5 heteroatoms. The quantitative estimate of drug-likeness (QED) is 0.433. The molecule has 0 aliphatic carbocycles. The highest BCUT2D eigenvalue weighted by atomic mass is 16.7. The van der Waals surface area contributed by atoms with Gasteiger partial charge in [0.1, 0.15) is 6.29 Å². The lowest BCUT2D eigenvalue weighted by atomic mass is 9.79. The first-order chi connectivity index (χ1) is 14.3. The van der Waals surface area contributed by atoms with Crippen LogP contribution in [0.3, 0.4) is 0 Å². The van der Waals surface area contributed by atoms with Crippen LogP contribution >= 0.6 is 0 Å². The molecule has 3 aromatic carbocycles. The van der Waals surface area contributed by atoms with Gasteiger partial charge in [0.15, 0.2) is 0 Å². The van der Waals surface area contributed by atoms with Gasteiger partial charge in [-0.25, -0.2) is 0 Å². The lowest BCUT2D eigenvalue weighted by Crippen LogP contribution is -2.41. The number of rotatable bonds is 5. The average molecular weight is 399 g/mol. The zero-order valence-corrected chi connectivity index (χ0v) is 17.8. The molecule has 0 aromatic heterocycles. The van der Waals surface area contributed by atoms with Gasteiger partial charge in [0.2, 0.25) is 0 Å². The van der Waals surface area contributed by atoms with E-state index in [0.717, 1.165) is 28.8 Å². The molecule has 0 N–H and O–H groups in total. The molecule has 0 saturated carbocycles. The minimum atomic E-state index is -0.388. The van der Waals surface area contributed by atoms with Gasteiger partial charge in [-0.3, -0.25) is 4.79 Å². The number of aldehydes is 1. The van der Waals surface area contributed by atoms with Crippen molar-refractivity contribution in [3.05, 3.63) is 84.4 Å². The lowest BCUT2D eigenvalue weighted by Gasteiger charge is -2.32. The topological polar surface area (TPSA) is 38.8 Å². The zero-order chi connectivity index (χ0) is 21.4. The average Bonchev–Trinajstić information content (AvgIpc) is 2.97. The smallest absolute Gasteiger partial charge is 0.399 e. The molecule has 0 amide bonds. The number of carbonyl (C=O) groups is 1. The number of hydrogen-bond acceptors (Lipinski definition) is 4. The molecule has 1 saturated heterocycles. The van der Waals surface area contributed by atoms with Crippen LogP contribution in [0.1, 0.15) is 38.1 Å². The predicted molar refractivity (Wildman–Crippen MR) is 122 cm³/mol. The molecule has 4 rings (SSSR count). The molecule has 30 heavy (non-hydrogen) atoms. The van der Waals surface area contributed by atoms with Crippen LogP contribution in [0.4, 0.5) is 17.1 Å².